The summed E-state index contributed by atoms with van der Waals surface area (Å²) in [5, 5.41) is 3.68. The Morgan fingerprint density at radius 2 is 1.81 bits per heavy atom. The highest BCUT2D eigenvalue weighted by Gasteiger charge is 2.37. The van der Waals surface area contributed by atoms with Gasteiger partial charge in [0.15, 0.2) is 8.32 Å². The first kappa shape index (κ1) is 26.1. The summed E-state index contributed by atoms with van der Waals surface area (Å²) in [5.41, 5.74) is 3.03. The SMILES string of the molecule is COC(=O)c1sc(C(C)(C)C)cc1CNc1cccc(Br)c1CO[Si](C)(C)C(C)(C)C. The van der Waals surface area contributed by atoms with Crippen LogP contribution in [0.15, 0.2) is 28.7 Å². The lowest BCUT2D eigenvalue weighted by molar-refractivity contribution is 0.0605. The lowest BCUT2D eigenvalue weighted by Gasteiger charge is -2.36. The fraction of sp³-hybridized carbons (Fsp3) is 0.542. The third-order valence-electron chi connectivity index (χ3n) is 5.89. The van der Waals surface area contributed by atoms with E-state index in [0.29, 0.717) is 18.0 Å². The first-order valence-electron chi connectivity index (χ1n) is 10.5. The highest BCUT2D eigenvalue weighted by Crippen LogP contribution is 2.38. The Morgan fingerprint density at radius 3 is 2.35 bits per heavy atom. The topological polar surface area (TPSA) is 47.6 Å². The fourth-order valence-corrected chi connectivity index (χ4v) is 5.30. The van der Waals surface area contributed by atoms with Gasteiger partial charge in [0.2, 0.25) is 0 Å². The molecule has 0 radical (unpaired) electrons. The van der Waals surface area contributed by atoms with Gasteiger partial charge in [0.05, 0.1) is 13.7 Å². The molecule has 1 N–H and O–H groups in total. The zero-order valence-electron chi connectivity index (χ0n) is 20.2. The van der Waals surface area contributed by atoms with Gasteiger partial charge in [0, 0.05) is 27.1 Å². The van der Waals surface area contributed by atoms with Crippen LogP contribution in [0.5, 0.6) is 0 Å². The molecule has 2 rings (SSSR count). The number of carbonyl (C=O) groups is 1. The number of thiophene rings is 1. The van der Waals surface area contributed by atoms with E-state index in [2.05, 4.69) is 88.0 Å². The first-order chi connectivity index (χ1) is 14.2. The number of halogens is 1. The number of rotatable bonds is 7. The lowest BCUT2D eigenvalue weighted by Crippen LogP contribution is -2.40. The Kier molecular flexibility index (Phi) is 8.23. The van der Waals surface area contributed by atoms with E-state index in [4.69, 9.17) is 9.16 Å². The molecular formula is C24H36BrNO3SSi. The standard InChI is InChI=1S/C24H36BrNO3SSi/c1-23(2,3)20-13-16(21(30-20)22(27)28-7)14-26-19-12-10-11-18(25)17(19)15-29-31(8,9)24(4,5)6/h10-13,26H,14-15H2,1-9H3. The maximum atomic E-state index is 12.4. The Bertz CT molecular complexity index is 926. The molecule has 4 nitrogen and oxygen atoms in total. The third-order valence-corrected chi connectivity index (χ3v) is 12.7. The number of methoxy groups -OCH3 is 1. The number of ether oxygens (including phenoxy) is 1. The first-order valence-corrected chi connectivity index (χ1v) is 15.1. The molecule has 31 heavy (non-hydrogen) atoms. The Morgan fingerprint density at radius 1 is 1.16 bits per heavy atom. The quantitative estimate of drug-likeness (QED) is 0.296. The summed E-state index contributed by atoms with van der Waals surface area (Å²) in [5.74, 6) is -0.284. The van der Waals surface area contributed by atoms with Crippen molar-refractivity contribution in [3.8, 4) is 0 Å². The fourth-order valence-electron chi connectivity index (χ4n) is 2.73. The molecule has 0 aliphatic rings. The molecule has 0 atom stereocenters. The van der Waals surface area contributed by atoms with Crippen molar-refractivity contribution in [2.45, 2.75) is 78.2 Å². The van der Waals surface area contributed by atoms with Crippen LogP contribution in [0.3, 0.4) is 0 Å². The monoisotopic (exact) mass is 525 g/mol. The summed E-state index contributed by atoms with van der Waals surface area (Å²) in [4.78, 5) is 14.2. The highest BCUT2D eigenvalue weighted by atomic mass is 79.9. The average Bonchev–Trinajstić information content (AvgIpc) is 3.08. The normalized spacial score (nSPS) is 12.7. The molecule has 7 heteroatoms. The third kappa shape index (κ3) is 6.43. The molecule has 2 aromatic rings. The molecule has 1 heterocycles. The van der Waals surface area contributed by atoms with Gasteiger partial charge in [-0.2, -0.15) is 0 Å². The predicted molar refractivity (Wildman–Crippen MR) is 138 cm³/mol. The van der Waals surface area contributed by atoms with Gasteiger partial charge in [-0.3, -0.25) is 0 Å². The van der Waals surface area contributed by atoms with E-state index in [1.807, 2.05) is 12.1 Å². The van der Waals surface area contributed by atoms with Crippen LogP contribution in [-0.2, 0) is 27.7 Å². The van der Waals surface area contributed by atoms with Gasteiger partial charge >= 0.3 is 5.97 Å². The van der Waals surface area contributed by atoms with E-state index < -0.39 is 8.32 Å². The molecule has 0 bridgehead atoms. The second kappa shape index (κ2) is 9.77. The maximum Gasteiger partial charge on any atom is 0.348 e. The minimum absolute atomic E-state index is 0.0242. The number of hydrogen-bond acceptors (Lipinski definition) is 5. The average molecular weight is 527 g/mol. The molecule has 172 valence electrons. The number of anilines is 1. The Balaban J connectivity index is 2.28. The lowest BCUT2D eigenvalue weighted by atomic mass is 9.94. The number of nitrogens with one attached hydrogen (secondary N) is 1. The smallest absolute Gasteiger partial charge is 0.348 e. The van der Waals surface area contributed by atoms with Crippen molar-refractivity contribution in [2.75, 3.05) is 12.4 Å². The zero-order valence-corrected chi connectivity index (χ0v) is 23.6. The van der Waals surface area contributed by atoms with Gasteiger partial charge in [-0.1, -0.05) is 63.5 Å². The van der Waals surface area contributed by atoms with Crippen molar-refractivity contribution in [2.24, 2.45) is 0 Å². The number of benzene rings is 1. The predicted octanol–water partition coefficient (Wildman–Crippen LogP) is 7.73. The molecule has 0 fully saturated rings. The Hall–Kier alpha value is -1.15. The van der Waals surface area contributed by atoms with Gasteiger partial charge in [0.1, 0.15) is 4.88 Å². The summed E-state index contributed by atoms with van der Waals surface area (Å²) in [6.45, 7) is 18.8. The highest BCUT2D eigenvalue weighted by molar-refractivity contribution is 9.10. The van der Waals surface area contributed by atoms with Crippen LogP contribution >= 0.6 is 27.3 Å². The van der Waals surface area contributed by atoms with Crippen LogP contribution in [0, 0.1) is 0 Å². The van der Waals surface area contributed by atoms with Gasteiger partial charge in [0.25, 0.3) is 0 Å². The molecule has 0 aliphatic carbocycles. The maximum absolute atomic E-state index is 12.4. The molecule has 0 aliphatic heterocycles. The van der Waals surface area contributed by atoms with E-state index in [0.717, 1.165) is 21.3 Å². The van der Waals surface area contributed by atoms with E-state index >= 15 is 0 Å². The second-order valence-corrected chi connectivity index (χ2v) is 17.1. The number of carbonyl (C=O) groups excluding carboxylic acids is 1. The second-order valence-electron chi connectivity index (χ2n) is 10.4. The number of hydrogen-bond donors (Lipinski definition) is 1. The minimum atomic E-state index is -1.88. The molecule has 1 aromatic heterocycles. The van der Waals surface area contributed by atoms with Crippen LogP contribution in [0.2, 0.25) is 18.1 Å². The summed E-state index contributed by atoms with van der Waals surface area (Å²) in [7, 11) is -0.444. The molecule has 0 unspecified atom stereocenters. The van der Waals surface area contributed by atoms with Crippen molar-refractivity contribution in [1.29, 1.82) is 0 Å². The molecule has 0 saturated heterocycles. The van der Waals surface area contributed by atoms with Crippen LogP contribution in [0.25, 0.3) is 0 Å². The molecule has 0 spiro atoms. The van der Waals surface area contributed by atoms with Crippen LogP contribution in [0.1, 0.15) is 67.2 Å². The van der Waals surface area contributed by atoms with Crippen molar-refractivity contribution in [1.82, 2.24) is 0 Å². The van der Waals surface area contributed by atoms with Crippen molar-refractivity contribution >= 4 is 47.2 Å². The van der Waals surface area contributed by atoms with Crippen molar-refractivity contribution < 1.29 is 14.0 Å². The van der Waals surface area contributed by atoms with Crippen molar-refractivity contribution in [3.05, 3.63) is 49.6 Å². The minimum Gasteiger partial charge on any atom is -0.465 e. The largest absolute Gasteiger partial charge is 0.465 e. The van der Waals surface area contributed by atoms with Gasteiger partial charge in [-0.05, 0) is 47.3 Å². The van der Waals surface area contributed by atoms with Crippen LogP contribution in [0.4, 0.5) is 5.69 Å². The number of esters is 1. The van der Waals surface area contributed by atoms with Crippen molar-refractivity contribution in [3.63, 3.8) is 0 Å². The Labute approximate surface area is 201 Å². The molecule has 0 amide bonds. The summed E-state index contributed by atoms with van der Waals surface area (Å²) in [6.07, 6.45) is 0. The molecule has 0 saturated carbocycles. The summed E-state index contributed by atoms with van der Waals surface area (Å²) in [6, 6.07) is 8.23. The van der Waals surface area contributed by atoms with E-state index in [1.54, 1.807) is 0 Å². The van der Waals surface area contributed by atoms with E-state index in [-0.39, 0.29) is 16.4 Å². The summed E-state index contributed by atoms with van der Waals surface area (Å²) < 4.78 is 12.5. The van der Waals surface area contributed by atoms with Crippen LogP contribution < -0.4 is 5.32 Å². The zero-order chi connectivity index (χ0) is 23.6. The summed E-state index contributed by atoms with van der Waals surface area (Å²) >= 11 is 5.21. The molecule has 1 aromatic carbocycles. The molecular weight excluding hydrogens is 490 g/mol. The van der Waals surface area contributed by atoms with E-state index in [1.165, 1.54) is 23.3 Å². The van der Waals surface area contributed by atoms with Crippen LogP contribution in [-0.4, -0.2) is 21.4 Å². The van der Waals surface area contributed by atoms with Gasteiger partial charge in [-0.15, -0.1) is 11.3 Å². The van der Waals surface area contributed by atoms with Gasteiger partial charge < -0.3 is 14.5 Å². The van der Waals surface area contributed by atoms with Gasteiger partial charge in [-0.25, -0.2) is 4.79 Å². The van der Waals surface area contributed by atoms with E-state index in [9.17, 15) is 4.79 Å².